The van der Waals surface area contributed by atoms with Crippen molar-refractivity contribution in [2.24, 2.45) is 0 Å². The summed E-state index contributed by atoms with van der Waals surface area (Å²) in [6.45, 7) is 0. The maximum Gasteiger partial charge on any atom is 0.411 e. The number of methoxy groups -OCH3 is 1. The zero-order valence-corrected chi connectivity index (χ0v) is 8.71. The summed E-state index contributed by atoms with van der Waals surface area (Å²) in [6, 6.07) is 3.75. The van der Waals surface area contributed by atoms with Crippen molar-refractivity contribution in [1.29, 1.82) is 0 Å². The van der Waals surface area contributed by atoms with Gasteiger partial charge >= 0.3 is 6.09 Å². The van der Waals surface area contributed by atoms with Crippen molar-refractivity contribution in [2.45, 2.75) is 0 Å². The molecule has 1 aromatic rings. The number of nitro groups is 1. The minimum atomic E-state index is -1.22. The van der Waals surface area contributed by atoms with Gasteiger partial charge < -0.3 is 9.84 Å². The summed E-state index contributed by atoms with van der Waals surface area (Å²) in [5.41, 5.74) is -0.0619. The molecule has 86 valence electrons. The first kappa shape index (κ1) is 11.8. The van der Waals surface area contributed by atoms with Crippen LogP contribution in [0.15, 0.2) is 18.2 Å². The average Bonchev–Trinajstić information content (AvgIpc) is 2.26. The number of nitro benzene ring substituents is 1. The van der Waals surface area contributed by atoms with Gasteiger partial charge in [0.05, 0.1) is 17.7 Å². The van der Waals surface area contributed by atoms with E-state index in [1.165, 1.54) is 26.3 Å². The molecule has 1 amide bonds. The number of anilines is 1. The smallest absolute Gasteiger partial charge is 0.411 e. The van der Waals surface area contributed by atoms with Crippen molar-refractivity contribution in [2.75, 3.05) is 19.1 Å². The standard InChI is InChI=1S/C9H10N2O5/c1-10(9(12)13)7-5-6(11(14)15)3-4-8(7)16-2/h3-5H,1-2H3,(H,12,13). The molecule has 0 fully saturated rings. The lowest BCUT2D eigenvalue weighted by atomic mass is 10.2. The molecule has 1 N–H and O–H groups in total. The van der Waals surface area contributed by atoms with E-state index in [1.54, 1.807) is 0 Å². The number of hydrogen-bond donors (Lipinski definition) is 1. The highest BCUT2D eigenvalue weighted by molar-refractivity contribution is 5.88. The molecule has 0 bridgehead atoms. The highest BCUT2D eigenvalue weighted by Crippen LogP contribution is 2.31. The molecule has 0 heterocycles. The first-order chi connectivity index (χ1) is 7.47. The molecule has 1 rings (SSSR count). The Morgan fingerprint density at radius 1 is 1.56 bits per heavy atom. The highest BCUT2D eigenvalue weighted by Gasteiger charge is 2.18. The molecular weight excluding hydrogens is 216 g/mol. The Morgan fingerprint density at radius 3 is 2.62 bits per heavy atom. The molecule has 0 radical (unpaired) electrons. The second kappa shape index (κ2) is 4.47. The zero-order chi connectivity index (χ0) is 12.3. The van der Waals surface area contributed by atoms with Gasteiger partial charge in [-0.2, -0.15) is 0 Å². The Bertz CT molecular complexity index is 432. The first-order valence-electron chi connectivity index (χ1n) is 4.26. The monoisotopic (exact) mass is 226 g/mol. The van der Waals surface area contributed by atoms with Gasteiger partial charge in [-0.3, -0.25) is 15.0 Å². The first-order valence-corrected chi connectivity index (χ1v) is 4.26. The van der Waals surface area contributed by atoms with E-state index in [4.69, 9.17) is 9.84 Å². The van der Waals surface area contributed by atoms with Gasteiger partial charge in [0.15, 0.2) is 0 Å². The second-order valence-corrected chi connectivity index (χ2v) is 2.95. The van der Waals surface area contributed by atoms with Gasteiger partial charge in [-0.05, 0) is 6.07 Å². The molecule has 0 aromatic heterocycles. The van der Waals surface area contributed by atoms with Crippen molar-refractivity contribution in [1.82, 2.24) is 0 Å². The molecule has 7 nitrogen and oxygen atoms in total. The van der Waals surface area contributed by atoms with Gasteiger partial charge in [-0.15, -0.1) is 0 Å². The van der Waals surface area contributed by atoms with Crippen LogP contribution < -0.4 is 9.64 Å². The lowest BCUT2D eigenvalue weighted by molar-refractivity contribution is -0.384. The maximum absolute atomic E-state index is 10.7. The fourth-order valence-corrected chi connectivity index (χ4v) is 1.16. The summed E-state index contributed by atoms with van der Waals surface area (Å²) in [5.74, 6) is 0.260. The van der Waals surface area contributed by atoms with E-state index in [1.807, 2.05) is 0 Å². The fourth-order valence-electron chi connectivity index (χ4n) is 1.16. The predicted octanol–water partition coefficient (Wildman–Crippen LogP) is 1.72. The van der Waals surface area contributed by atoms with Crippen molar-refractivity contribution in [3.05, 3.63) is 28.3 Å². The van der Waals surface area contributed by atoms with E-state index in [9.17, 15) is 14.9 Å². The average molecular weight is 226 g/mol. The molecule has 0 unspecified atom stereocenters. The molecule has 7 heteroatoms. The Labute approximate surface area is 91.0 Å². The molecule has 0 atom stereocenters. The van der Waals surface area contributed by atoms with Crippen LogP contribution in [0.4, 0.5) is 16.2 Å². The number of rotatable bonds is 3. The van der Waals surface area contributed by atoms with Crippen LogP contribution in [0.3, 0.4) is 0 Å². The molecule has 0 aliphatic rings. The van der Waals surface area contributed by atoms with E-state index in [2.05, 4.69) is 0 Å². The minimum Gasteiger partial charge on any atom is -0.495 e. The maximum atomic E-state index is 10.7. The van der Waals surface area contributed by atoms with Crippen molar-refractivity contribution < 1.29 is 19.6 Å². The van der Waals surface area contributed by atoms with Gasteiger partial charge in [0.1, 0.15) is 5.75 Å². The van der Waals surface area contributed by atoms with Crippen molar-refractivity contribution >= 4 is 17.5 Å². The Kier molecular flexibility index (Phi) is 3.29. The van der Waals surface area contributed by atoms with Crippen LogP contribution in [0.2, 0.25) is 0 Å². The van der Waals surface area contributed by atoms with E-state index < -0.39 is 11.0 Å². The topological polar surface area (TPSA) is 92.9 Å². The summed E-state index contributed by atoms with van der Waals surface area (Å²) in [7, 11) is 2.64. The van der Waals surface area contributed by atoms with E-state index >= 15 is 0 Å². The number of carbonyl (C=O) groups is 1. The molecule has 1 aromatic carbocycles. The fraction of sp³-hybridized carbons (Fsp3) is 0.222. The van der Waals surface area contributed by atoms with Crippen LogP contribution in [-0.2, 0) is 0 Å². The Balaban J connectivity index is 3.27. The third kappa shape index (κ3) is 2.19. The predicted molar refractivity (Wildman–Crippen MR) is 56.1 cm³/mol. The van der Waals surface area contributed by atoms with Crippen LogP contribution in [-0.4, -0.2) is 30.3 Å². The molecule has 0 aliphatic heterocycles. The number of ether oxygens (including phenoxy) is 1. The Hall–Kier alpha value is -2.31. The van der Waals surface area contributed by atoms with Gasteiger partial charge in [0, 0.05) is 19.2 Å². The summed E-state index contributed by atoms with van der Waals surface area (Å²) >= 11 is 0. The molecule has 0 aliphatic carbocycles. The normalized spacial score (nSPS) is 9.62. The highest BCUT2D eigenvalue weighted by atomic mass is 16.6. The van der Waals surface area contributed by atoms with Gasteiger partial charge in [-0.1, -0.05) is 0 Å². The molecule has 0 saturated heterocycles. The van der Waals surface area contributed by atoms with E-state index in [0.29, 0.717) is 0 Å². The van der Waals surface area contributed by atoms with Gasteiger partial charge in [-0.25, -0.2) is 4.79 Å². The number of non-ortho nitro benzene ring substituents is 1. The van der Waals surface area contributed by atoms with Crippen LogP contribution >= 0.6 is 0 Å². The summed E-state index contributed by atoms with van der Waals surface area (Å²) in [4.78, 5) is 21.5. The lowest BCUT2D eigenvalue weighted by Gasteiger charge is -2.15. The molecule has 16 heavy (non-hydrogen) atoms. The van der Waals surface area contributed by atoms with Gasteiger partial charge in [0.25, 0.3) is 5.69 Å². The summed E-state index contributed by atoms with van der Waals surface area (Å²) < 4.78 is 4.92. The minimum absolute atomic E-state index is 0.129. The van der Waals surface area contributed by atoms with Crippen LogP contribution in [0.5, 0.6) is 5.75 Å². The largest absolute Gasteiger partial charge is 0.495 e. The molecule has 0 spiro atoms. The van der Waals surface area contributed by atoms with Crippen LogP contribution in [0.1, 0.15) is 0 Å². The number of nitrogens with zero attached hydrogens (tertiary/aromatic N) is 2. The van der Waals surface area contributed by atoms with Crippen molar-refractivity contribution in [3.63, 3.8) is 0 Å². The number of hydrogen-bond acceptors (Lipinski definition) is 4. The number of benzene rings is 1. The SMILES string of the molecule is COc1ccc([N+](=O)[O-])cc1N(C)C(=O)O. The second-order valence-electron chi connectivity index (χ2n) is 2.95. The van der Waals surface area contributed by atoms with Gasteiger partial charge in [0.2, 0.25) is 0 Å². The summed E-state index contributed by atoms with van der Waals surface area (Å²) in [6.07, 6.45) is -1.22. The number of carboxylic acid groups (broad SMARTS) is 1. The van der Waals surface area contributed by atoms with E-state index in [-0.39, 0.29) is 17.1 Å². The third-order valence-electron chi connectivity index (χ3n) is 2.02. The van der Waals surface area contributed by atoms with Crippen LogP contribution in [0.25, 0.3) is 0 Å². The quantitative estimate of drug-likeness (QED) is 0.625. The van der Waals surface area contributed by atoms with Crippen molar-refractivity contribution in [3.8, 4) is 5.75 Å². The Morgan fingerprint density at radius 2 is 2.19 bits per heavy atom. The van der Waals surface area contributed by atoms with Crippen LogP contribution in [0, 0.1) is 10.1 Å². The number of amides is 1. The lowest BCUT2D eigenvalue weighted by Crippen LogP contribution is -2.24. The third-order valence-corrected chi connectivity index (χ3v) is 2.02. The van der Waals surface area contributed by atoms with E-state index in [0.717, 1.165) is 11.0 Å². The molecule has 0 saturated carbocycles. The summed E-state index contributed by atoms with van der Waals surface area (Å²) in [5, 5.41) is 19.3. The molecular formula is C9H10N2O5. The zero-order valence-electron chi connectivity index (χ0n) is 8.71.